The van der Waals surface area contributed by atoms with Crippen molar-refractivity contribution in [1.29, 1.82) is 0 Å². The lowest BCUT2D eigenvalue weighted by Crippen LogP contribution is -1.97. The molecule has 0 fully saturated rings. The van der Waals surface area contributed by atoms with Crippen LogP contribution in [-0.4, -0.2) is 17.3 Å². The highest BCUT2D eigenvalue weighted by Crippen LogP contribution is 2.32. The molecule has 17 heavy (non-hydrogen) atoms. The predicted octanol–water partition coefficient (Wildman–Crippen LogP) is 1.82. The quantitative estimate of drug-likeness (QED) is 0.875. The number of aryl methyl sites for hydroxylation is 1. The minimum Gasteiger partial charge on any atom is -0.496 e. The van der Waals surface area contributed by atoms with Crippen LogP contribution in [0.25, 0.3) is 11.4 Å². The van der Waals surface area contributed by atoms with Gasteiger partial charge in [0.15, 0.2) is 0 Å². The summed E-state index contributed by atoms with van der Waals surface area (Å²) in [5, 5.41) is 3.92. The van der Waals surface area contributed by atoms with Crippen LogP contribution in [0.3, 0.4) is 0 Å². The minimum absolute atomic E-state index is 0.236. The Hall–Kier alpha value is -1.88. The Morgan fingerprint density at radius 2 is 2.12 bits per heavy atom. The molecule has 2 aromatic rings. The van der Waals surface area contributed by atoms with Gasteiger partial charge in [-0.05, 0) is 31.0 Å². The molecule has 0 spiro atoms. The van der Waals surface area contributed by atoms with E-state index >= 15 is 0 Å². The zero-order chi connectivity index (χ0) is 12.4. The van der Waals surface area contributed by atoms with Crippen molar-refractivity contribution < 1.29 is 9.26 Å². The maximum Gasteiger partial charge on any atom is 0.240 e. The Bertz CT molecular complexity index is 535. The highest BCUT2D eigenvalue weighted by molar-refractivity contribution is 5.69. The summed E-state index contributed by atoms with van der Waals surface area (Å²) in [5.74, 6) is 1.67. The molecule has 0 aliphatic heterocycles. The van der Waals surface area contributed by atoms with Crippen LogP contribution in [0.2, 0.25) is 0 Å². The molecule has 0 radical (unpaired) electrons. The average molecular weight is 233 g/mol. The first-order chi connectivity index (χ1) is 8.17. The molecule has 0 aliphatic carbocycles. The van der Waals surface area contributed by atoms with Crippen LogP contribution in [0, 0.1) is 13.8 Å². The van der Waals surface area contributed by atoms with Gasteiger partial charge in [0.1, 0.15) is 5.75 Å². The number of ether oxygens (including phenoxy) is 1. The van der Waals surface area contributed by atoms with Gasteiger partial charge in [0.2, 0.25) is 11.7 Å². The molecule has 2 rings (SSSR count). The molecule has 5 nitrogen and oxygen atoms in total. The van der Waals surface area contributed by atoms with Gasteiger partial charge in [0.05, 0.1) is 19.2 Å². The Morgan fingerprint density at radius 1 is 1.35 bits per heavy atom. The molecule has 90 valence electrons. The number of nitrogens with zero attached hydrogens (tertiary/aromatic N) is 2. The molecule has 0 atom stereocenters. The molecule has 1 aromatic heterocycles. The maximum absolute atomic E-state index is 5.45. The number of aromatic nitrogens is 2. The van der Waals surface area contributed by atoms with E-state index in [0.29, 0.717) is 11.7 Å². The number of benzene rings is 1. The zero-order valence-corrected chi connectivity index (χ0v) is 10.2. The Kier molecular flexibility index (Phi) is 3.10. The second kappa shape index (κ2) is 4.55. The summed E-state index contributed by atoms with van der Waals surface area (Å²) >= 11 is 0. The molecule has 5 heteroatoms. The van der Waals surface area contributed by atoms with Gasteiger partial charge in [0, 0.05) is 0 Å². The summed E-state index contributed by atoms with van der Waals surface area (Å²) in [7, 11) is 1.62. The molecule has 0 saturated heterocycles. The van der Waals surface area contributed by atoms with E-state index in [4.69, 9.17) is 15.0 Å². The first-order valence-corrected chi connectivity index (χ1v) is 5.34. The molecular formula is C12H15N3O2. The second-order valence-electron chi connectivity index (χ2n) is 3.80. The summed E-state index contributed by atoms with van der Waals surface area (Å²) in [6.45, 7) is 4.27. The molecule has 0 unspecified atom stereocenters. The third kappa shape index (κ3) is 2.01. The van der Waals surface area contributed by atoms with Gasteiger partial charge in [-0.1, -0.05) is 11.2 Å². The van der Waals surface area contributed by atoms with Crippen molar-refractivity contribution in [2.24, 2.45) is 5.73 Å². The van der Waals surface area contributed by atoms with Crippen molar-refractivity contribution >= 4 is 0 Å². The molecule has 0 saturated carbocycles. The summed E-state index contributed by atoms with van der Waals surface area (Å²) in [6.07, 6.45) is 0. The van der Waals surface area contributed by atoms with Crippen molar-refractivity contribution in [2.75, 3.05) is 7.11 Å². The van der Waals surface area contributed by atoms with Crippen molar-refractivity contribution in [3.8, 4) is 17.1 Å². The monoisotopic (exact) mass is 233 g/mol. The van der Waals surface area contributed by atoms with Crippen LogP contribution < -0.4 is 10.5 Å². The molecule has 0 bridgehead atoms. The first kappa shape index (κ1) is 11.6. The van der Waals surface area contributed by atoms with E-state index in [1.54, 1.807) is 7.11 Å². The minimum atomic E-state index is 0.236. The van der Waals surface area contributed by atoms with E-state index in [9.17, 15) is 0 Å². The van der Waals surface area contributed by atoms with Crippen molar-refractivity contribution in [3.05, 3.63) is 29.2 Å². The van der Waals surface area contributed by atoms with Crippen LogP contribution in [-0.2, 0) is 6.54 Å². The maximum atomic E-state index is 5.45. The summed E-state index contributed by atoms with van der Waals surface area (Å²) in [6, 6.07) is 3.90. The van der Waals surface area contributed by atoms with Crippen molar-refractivity contribution in [3.63, 3.8) is 0 Å². The third-order valence-electron chi connectivity index (χ3n) is 2.78. The highest BCUT2D eigenvalue weighted by atomic mass is 16.5. The van der Waals surface area contributed by atoms with Gasteiger partial charge >= 0.3 is 0 Å². The lowest BCUT2D eigenvalue weighted by Gasteiger charge is -2.10. The number of nitrogens with two attached hydrogens (primary N) is 1. The van der Waals surface area contributed by atoms with Crippen molar-refractivity contribution in [1.82, 2.24) is 10.1 Å². The zero-order valence-electron chi connectivity index (χ0n) is 10.2. The van der Waals surface area contributed by atoms with Crippen LogP contribution in [0.4, 0.5) is 0 Å². The lowest BCUT2D eigenvalue weighted by atomic mass is 10.0. The summed E-state index contributed by atoms with van der Waals surface area (Å²) in [5.41, 5.74) is 8.54. The summed E-state index contributed by atoms with van der Waals surface area (Å²) < 4.78 is 10.3. The molecule has 1 aromatic carbocycles. The standard InChI is InChI=1S/C12H15N3O2/c1-7-4-5-9(16-3)11(8(7)2)12-14-10(6-13)17-15-12/h4-5H,6,13H2,1-3H3. The lowest BCUT2D eigenvalue weighted by molar-refractivity contribution is 0.379. The third-order valence-corrected chi connectivity index (χ3v) is 2.78. The van der Waals surface area contributed by atoms with Gasteiger partial charge in [-0.15, -0.1) is 0 Å². The van der Waals surface area contributed by atoms with Gasteiger partial charge < -0.3 is 15.0 Å². The second-order valence-corrected chi connectivity index (χ2v) is 3.80. The van der Waals surface area contributed by atoms with E-state index in [1.807, 2.05) is 26.0 Å². The fraction of sp³-hybridized carbons (Fsp3) is 0.333. The Balaban J connectivity index is 2.60. The highest BCUT2D eigenvalue weighted by Gasteiger charge is 2.16. The smallest absolute Gasteiger partial charge is 0.240 e. The van der Waals surface area contributed by atoms with Crippen LogP contribution in [0.1, 0.15) is 17.0 Å². The van der Waals surface area contributed by atoms with E-state index in [0.717, 1.165) is 22.4 Å². The Morgan fingerprint density at radius 3 is 2.71 bits per heavy atom. The molecule has 0 aliphatic rings. The fourth-order valence-electron chi connectivity index (χ4n) is 1.68. The Labute approximate surface area is 99.6 Å². The SMILES string of the molecule is COc1ccc(C)c(C)c1-c1noc(CN)n1. The number of hydrogen-bond acceptors (Lipinski definition) is 5. The van der Waals surface area contributed by atoms with Crippen LogP contribution in [0.5, 0.6) is 5.75 Å². The predicted molar refractivity (Wildman–Crippen MR) is 63.7 cm³/mol. The van der Waals surface area contributed by atoms with Gasteiger partial charge in [-0.3, -0.25) is 0 Å². The van der Waals surface area contributed by atoms with Crippen molar-refractivity contribution in [2.45, 2.75) is 20.4 Å². The van der Waals surface area contributed by atoms with E-state index in [1.165, 1.54) is 0 Å². The van der Waals surface area contributed by atoms with Gasteiger partial charge in [-0.25, -0.2) is 0 Å². The summed E-state index contributed by atoms with van der Waals surface area (Å²) in [4.78, 5) is 4.23. The van der Waals surface area contributed by atoms with E-state index < -0.39 is 0 Å². The van der Waals surface area contributed by atoms with Gasteiger partial charge in [0.25, 0.3) is 0 Å². The topological polar surface area (TPSA) is 74.2 Å². The van der Waals surface area contributed by atoms with E-state index in [2.05, 4.69) is 10.1 Å². The van der Waals surface area contributed by atoms with Gasteiger partial charge in [-0.2, -0.15) is 4.98 Å². The fourth-order valence-corrected chi connectivity index (χ4v) is 1.68. The average Bonchev–Trinajstić information content (AvgIpc) is 2.80. The van der Waals surface area contributed by atoms with E-state index in [-0.39, 0.29) is 6.54 Å². The van der Waals surface area contributed by atoms with Crippen LogP contribution >= 0.6 is 0 Å². The van der Waals surface area contributed by atoms with Crippen LogP contribution in [0.15, 0.2) is 16.7 Å². The normalized spacial score (nSPS) is 10.6. The molecular weight excluding hydrogens is 218 g/mol. The number of rotatable bonds is 3. The number of methoxy groups -OCH3 is 1. The largest absolute Gasteiger partial charge is 0.496 e. The molecule has 2 N–H and O–H groups in total. The molecule has 1 heterocycles. The number of hydrogen-bond donors (Lipinski definition) is 1. The first-order valence-electron chi connectivity index (χ1n) is 5.34. The molecule has 0 amide bonds.